The molecule has 1 aliphatic heterocycles. The molecule has 4 heterocycles. The van der Waals surface area contributed by atoms with Crippen molar-refractivity contribution in [3.8, 4) is 11.4 Å². The van der Waals surface area contributed by atoms with E-state index < -0.39 is 14.8 Å². The van der Waals surface area contributed by atoms with Gasteiger partial charge in [-0.05, 0) is 55.7 Å². The molecule has 0 radical (unpaired) electrons. The van der Waals surface area contributed by atoms with Gasteiger partial charge in [-0.1, -0.05) is 18.2 Å². The van der Waals surface area contributed by atoms with Crippen molar-refractivity contribution in [1.82, 2.24) is 34.1 Å². The molecule has 2 aliphatic rings. The third-order valence-electron chi connectivity index (χ3n) is 6.92. The number of aromatic nitrogens is 6. The summed E-state index contributed by atoms with van der Waals surface area (Å²) in [6, 6.07) is 11.0. The second-order valence-electron chi connectivity index (χ2n) is 9.43. The molecule has 1 aromatic carbocycles. The van der Waals surface area contributed by atoms with Crippen molar-refractivity contribution in [3.05, 3.63) is 59.9 Å². The zero-order valence-electron chi connectivity index (χ0n) is 19.3. The first-order chi connectivity index (χ1) is 16.7. The molecule has 11 nitrogen and oxygen atoms in total. The van der Waals surface area contributed by atoms with E-state index in [2.05, 4.69) is 25.8 Å². The Hall–Kier alpha value is -3.64. The first kappa shape index (κ1) is 21.9. The number of nitrogens with zero attached hydrogens (tertiary/aromatic N) is 7. The molecule has 3 aromatic heterocycles. The van der Waals surface area contributed by atoms with Gasteiger partial charge in [0.25, 0.3) is 5.91 Å². The van der Waals surface area contributed by atoms with Gasteiger partial charge in [-0.2, -0.15) is 14.2 Å². The molecular formula is C23H24N8O3S. The summed E-state index contributed by atoms with van der Waals surface area (Å²) in [6.45, 7) is 4.40. The van der Waals surface area contributed by atoms with E-state index in [4.69, 9.17) is 0 Å². The van der Waals surface area contributed by atoms with Gasteiger partial charge in [0, 0.05) is 30.5 Å². The summed E-state index contributed by atoms with van der Waals surface area (Å²) in [5.74, 6) is 0.148. The average molecular weight is 493 g/mol. The summed E-state index contributed by atoms with van der Waals surface area (Å²) in [5.41, 5.74) is 3.42. The lowest BCUT2D eigenvalue weighted by Gasteiger charge is -2.38. The van der Waals surface area contributed by atoms with Crippen molar-refractivity contribution in [3.63, 3.8) is 0 Å². The fourth-order valence-electron chi connectivity index (χ4n) is 4.19. The van der Waals surface area contributed by atoms with Gasteiger partial charge in [0.05, 0.1) is 22.0 Å². The number of amides is 1. The molecule has 1 saturated heterocycles. The third-order valence-corrected chi connectivity index (χ3v) is 9.55. The van der Waals surface area contributed by atoms with Gasteiger partial charge in [-0.15, -0.1) is 10.2 Å². The molecule has 1 saturated carbocycles. The highest BCUT2D eigenvalue weighted by Gasteiger charge is 2.55. The molecule has 12 heteroatoms. The summed E-state index contributed by atoms with van der Waals surface area (Å²) in [6.07, 6.45) is 4.76. The Morgan fingerprint density at radius 1 is 1.17 bits per heavy atom. The predicted octanol–water partition coefficient (Wildman–Crippen LogP) is 2.29. The van der Waals surface area contributed by atoms with E-state index in [0.29, 0.717) is 48.6 Å². The topological polar surface area (TPSA) is 127 Å². The van der Waals surface area contributed by atoms with E-state index in [1.54, 1.807) is 23.8 Å². The Labute approximate surface area is 201 Å². The van der Waals surface area contributed by atoms with Crippen LogP contribution in [0.5, 0.6) is 0 Å². The van der Waals surface area contributed by atoms with E-state index in [1.807, 2.05) is 43.3 Å². The maximum absolute atomic E-state index is 12.9. The summed E-state index contributed by atoms with van der Waals surface area (Å²) < 4.78 is 27.8. The Morgan fingerprint density at radius 3 is 2.74 bits per heavy atom. The number of nitrogens with one attached hydrogen (secondary N) is 1. The third kappa shape index (κ3) is 3.60. The SMILES string of the molecule is Cc1ccc(-c2nnn(C3CN(S(=O)(=O)C4(C)CC4)C3)n2)cc1NC(=O)c1cnn2ccccc12. The molecule has 180 valence electrons. The number of anilines is 1. The Balaban J connectivity index is 1.18. The summed E-state index contributed by atoms with van der Waals surface area (Å²) in [5, 5.41) is 20.0. The zero-order chi connectivity index (χ0) is 24.4. The molecule has 35 heavy (non-hydrogen) atoms. The van der Waals surface area contributed by atoms with Gasteiger partial charge >= 0.3 is 0 Å². The van der Waals surface area contributed by atoms with Crippen LogP contribution < -0.4 is 5.32 Å². The molecule has 1 amide bonds. The number of rotatable bonds is 6. The van der Waals surface area contributed by atoms with Crippen LogP contribution in [0.25, 0.3) is 16.9 Å². The molecule has 1 N–H and O–H groups in total. The number of benzene rings is 1. The van der Waals surface area contributed by atoms with E-state index in [-0.39, 0.29) is 11.9 Å². The number of sulfonamides is 1. The fraction of sp³-hybridized carbons (Fsp3) is 0.348. The maximum Gasteiger partial charge on any atom is 0.259 e. The van der Waals surface area contributed by atoms with E-state index >= 15 is 0 Å². The van der Waals surface area contributed by atoms with Gasteiger partial charge in [0.1, 0.15) is 6.04 Å². The minimum atomic E-state index is -3.27. The largest absolute Gasteiger partial charge is 0.322 e. The molecule has 0 unspecified atom stereocenters. The van der Waals surface area contributed by atoms with Crippen molar-refractivity contribution < 1.29 is 13.2 Å². The van der Waals surface area contributed by atoms with Crippen molar-refractivity contribution >= 4 is 27.1 Å². The molecule has 0 bridgehead atoms. The van der Waals surface area contributed by atoms with E-state index in [1.165, 1.54) is 9.10 Å². The van der Waals surface area contributed by atoms with Crippen molar-refractivity contribution in [2.75, 3.05) is 18.4 Å². The van der Waals surface area contributed by atoms with Gasteiger partial charge in [-0.3, -0.25) is 4.79 Å². The minimum Gasteiger partial charge on any atom is -0.322 e. The highest BCUT2D eigenvalue weighted by molar-refractivity contribution is 7.90. The van der Waals surface area contributed by atoms with Crippen LogP contribution in [0.3, 0.4) is 0 Å². The molecule has 1 aliphatic carbocycles. The molecular weight excluding hydrogens is 468 g/mol. The van der Waals surface area contributed by atoms with Gasteiger partial charge in [0.2, 0.25) is 15.8 Å². The highest BCUT2D eigenvalue weighted by atomic mass is 32.2. The first-order valence-corrected chi connectivity index (χ1v) is 12.8. The molecule has 0 atom stereocenters. The molecule has 2 fully saturated rings. The highest BCUT2D eigenvalue weighted by Crippen LogP contribution is 2.46. The lowest BCUT2D eigenvalue weighted by molar-refractivity contribution is 0.102. The van der Waals surface area contributed by atoms with Crippen molar-refractivity contribution in [2.45, 2.75) is 37.5 Å². The molecule has 4 aromatic rings. The second kappa shape index (κ2) is 7.68. The van der Waals surface area contributed by atoms with Gasteiger partial charge < -0.3 is 5.32 Å². The van der Waals surface area contributed by atoms with Gasteiger partial charge in [0.15, 0.2) is 0 Å². The van der Waals surface area contributed by atoms with Crippen LogP contribution in [-0.4, -0.2) is 66.3 Å². The number of hydrogen-bond donors (Lipinski definition) is 1. The first-order valence-electron chi connectivity index (χ1n) is 11.4. The summed E-state index contributed by atoms with van der Waals surface area (Å²) in [7, 11) is -3.27. The normalized spacial score (nSPS) is 17.9. The smallest absolute Gasteiger partial charge is 0.259 e. The quantitative estimate of drug-likeness (QED) is 0.437. The summed E-state index contributed by atoms with van der Waals surface area (Å²) >= 11 is 0. The Morgan fingerprint density at radius 2 is 1.97 bits per heavy atom. The number of carbonyl (C=O) groups excluding carboxylic acids is 1. The monoisotopic (exact) mass is 492 g/mol. The molecule has 6 rings (SSSR count). The van der Waals surface area contributed by atoms with Gasteiger partial charge in [-0.25, -0.2) is 12.9 Å². The van der Waals surface area contributed by atoms with E-state index in [9.17, 15) is 13.2 Å². The lowest BCUT2D eigenvalue weighted by atomic mass is 10.1. The number of aryl methyl sites for hydroxylation is 1. The minimum absolute atomic E-state index is 0.145. The van der Waals surface area contributed by atoms with E-state index in [0.717, 1.165) is 11.1 Å². The number of pyridine rings is 1. The number of fused-ring (bicyclic) bond motifs is 1. The lowest BCUT2D eigenvalue weighted by Crippen LogP contribution is -2.54. The number of carbonyl (C=O) groups is 1. The van der Waals surface area contributed by atoms with Crippen LogP contribution in [0, 0.1) is 6.92 Å². The number of tetrazole rings is 1. The van der Waals surface area contributed by atoms with Crippen LogP contribution in [0.1, 0.15) is 41.7 Å². The zero-order valence-corrected chi connectivity index (χ0v) is 20.1. The Bertz CT molecular complexity index is 1560. The van der Waals surface area contributed by atoms with Crippen molar-refractivity contribution in [1.29, 1.82) is 0 Å². The van der Waals surface area contributed by atoms with Crippen LogP contribution >= 0.6 is 0 Å². The summed E-state index contributed by atoms with van der Waals surface area (Å²) in [4.78, 5) is 14.4. The van der Waals surface area contributed by atoms with Crippen LogP contribution in [0.4, 0.5) is 5.69 Å². The number of hydrogen-bond acceptors (Lipinski definition) is 7. The second-order valence-corrected chi connectivity index (χ2v) is 11.9. The fourth-order valence-corrected chi connectivity index (χ4v) is 6.17. The van der Waals surface area contributed by atoms with Crippen LogP contribution in [0.15, 0.2) is 48.8 Å². The van der Waals surface area contributed by atoms with Crippen LogP contribution in [-0.2, 0) is 10.0 Å². The maximum atomic E-state index is 12.9. The average Bonchev–Trinajstić information content (AvgIpc) is 3.21. The van der Waals surface area contributed by atoms with Crippen LogP contribution in [0.2, 0.25) is 0 Å². The molecule has 0 spiro atoms. The Kier molecular flexibility index (Phi) is 4.80. The van der Waals surface area contributed by atoms with Crippen molar-refractivity contribution in [2.24, 2.45) is 0 Å². The standard InChI is InChI=1S/C23H24N8O3S/c1-15-6-7-16(11-19(15)25-22(32)18-12-24-30-10-4-3-5-20(18)30)21-26-28-31(27-21)17-13-29(14-17)35(33,34)23(2)8-9-23/h3-7,10-12,17H,8-9,13-14H2,1-2H3,(H,25,32). The predicted molar refractivity (Wildman–Crippen MR) is 128 cm³/mol.